The van der Waals surface area contributed by atoms with Crippen LogP contribution in [-0.4, -0.2) is 63.3 Å². The summed E-state index contributed by atoms with van der Waals surface area (Å²) < 4.78 is 1.89. The van der Waals surface area contributed by atoms with Crippen molar-refractivity contribution in [1.29, 1.82) is 0 Å². The smallest absolute Gasteiger partial charge is 0.274 e. The Bertz CT molecular complexity index is 1120. The molecular formula is C21H26ClN5O2. The number of amides is 1. The van der Waals surface area contributed by atoms with Crippen molar-refractivity contribution in [2.45, 2.75) is 32.6 Å². The summed E-state index contributed by atoms with van der Waals surface area (Å²) in [5, 5.41) is 0.388. The predicted molar refractivity (Wildman–Crippen MR) is 115 cm³/mol. The molecule has 4 rings (SSSR count). The van der Waals surface area contributed by atoms with Crippen molar-refractivity contribution in [3.8, 4) is 0 Å². The molecule has 3 aromatic rings. The summed E-state index contributed by atoms with van der Waals surface area (Å²) in [6.45, 7) is 7.23. The topological polar surface area (TPSA) is 73.7 Å². The minimum Gasteiger partial charge on any atom is -0.336 e. The van der Waals surface area contributed by atoms with Crippen molar-refractivity contribution in [2.75, 3.05) is 33.2 Å². The number of imidazole rings is 1. The molecule has 1 amide bonds. The minimum atomic E-state index is -0.220. The number of likely N-dealkylation sites (N-methyl/N-ethyl adjacent to an activating group) is 1. The second-order valence-corrected chi connectivity index (χ2v) is 8.16. The Hall–Kier alpha value is -2.38. The zero-order chi connectivity index (χ0) is 20.7. The Balaban J connectivity index is 1.86. The number of piperazine rings is 1. The van der Waals surface area contributed by atoms with Gasteiger partial charge in [0.1, 0.15) is 11.3 Å². The maximum atomic E-state index is 13.0. The van der Waals surface area contributed by atoms with E-state index >= 15 is 0 Å². The fourth-order valence-electron chi connectivity index (χ4n) is 4.10. The first-order valence-corrected chi connectivity index (χ1v) is 10.5. The zero-order valence-electron chi connectivity index (χ0n) is 17.0. The molecule has 7 nitrogen and oxygen atoms in total. The van der Waals surface area contributed by atoms with Crippen molar-refractivity contribution >= 4 is 34.1 Å². The van der Waals surface area contributed by atoms with E-state index in [-0.39, 0.29) is 17.4 Å². The highest BCUT2D eigenvalue weighted by atomic mass is 35.5. The van der Waals surface area contributed by atoms with Crippen LogP contribution in [0.15, 0.2) is 23.1 Å². The maximum Gasteiger partial charge on any atom is 0.274 e. The van der Waals surface area contributed by atoms with Crippen molar-refractivity contribution in [3.05, 3.63) is 45.1 Å². The summed E-state index contributed by atoms with van der Waals surface area (Å²) in [6.07, 6.45) is 3.47. The molecular weight excluding hydrogens is 390 g/mol. The molecule has 1 saturated heterocycles. The van der Waals surface area contributed by atoms with Gasteiger partial charge in [-0.05, 0) is 32.0 Å². The fourth-order valence-corrected chi connectivity index (χ4v) is 4.34. The van der Waals surface area contributed by atoms with Crippen molar-refractivity contribution in [3.63, 3.8) is 0 Å². The number of carbonyl (C=O) groups excluding carboxylic acids is 1. The molecule has 0 bridgehead atoms. The Morgan fingerprint density at radius 1 is 1.17 bits per heavy atom. The molecule has 3 heterocycles. The first-order chi connectivity index (χ1) is 13.9. The predicted octanol–water partition coefficient (Wildman–Crippen LogP) is 3.12. The van der Waals surface area contributed by atoms with Crippen LogP contribution in [0.1, 0.15) is 48.8 Å². The van der Waals surface area contributed by atoms with Gasteiger partial charge in [-0.25, -0.2) is 4.98 Å². The summed E-state index contributed by atoms with van der Waals surface area (Å²) in [7, 11) is 2.05. The first kappa shape index (κ1) is 19.9. The summed E-state index contributed by atoms with van der Waals surface area (Å²) in [6, 6.07) is 3.48. The van der Waals surface area contributed by atoms with Gasteiger partial charge in [-0.15, -0.1) is 0 Å². The van der Waals surface area contributed by atoms with E-state index in [4.69, 9.17) is 11.6 Å². The number of benzene rings is 1. The van der Waals surface area contributed by atoms with E-state index in [1.165, 1.54) is 0 Å². The third-order valence-corrected chi connectivity index (χ3v) is 6.28. The number of aromatic amines is 1. The van der Waals surface area contributed by atoms with Gasteiger partial charge in [0.05, 0.1) is 27.8 Å². The van der Waals surface area contributed by atoms with Gasteiger partial charge >= 0.3 is 0 Å². The average molecular weight is 416 g/mol. The van der Waals surface area contributed by atoms with Gasteiger partial charge < -0.3 is 14.8 Å². The summed E-state index contributed by atoms with van der Waals surface area (Å²) in [5.41, 5.74) is 2.05. The van der Waals surface area contributed by atoms with Crippen LogP contribution in [0.5, 0.6) is 0 Å². The number of carbonyl (C=O) groups is 1. The number of H-pyrrole nitrogens is 1. The van der Waals surface area contributed by atoms with Gasteiger partial charge in [0.25, 0.3) is 11.5 Å². The molecule has 0 aliphatic carbocycles. The van der Waals surface area contributed by atoms with E-state index in [9.17, 15) is 9.59 Å². The number of halogens is 1. The Labute approximate surface area is 174 Å². The van der Waals surface area contributed by atoms with E-state index in [1.807, 2.05) is 16.3 Å². The van der Waals surface area contributed by atoms with Crippen molar-refractivity contribution < 1.29 is 4.79 Å². The van der Waals surface area contributed by atoms with Gasteiger partial charge in [-0.2, -0.15) is 0 Å². The lowest BCUT2D eigenvalue weighted by atomic mass is 10.0. The van der Waals surface area contributed by atoms with Gasteiger partial charge in [0, 0.05) is 32.1 Å². The number of hydrogen-bond acceptors (Lipinski definition) is 4. The van der Waals surface area contributed by atoms with Crippen LogP contribution in [0.4, 0.5) is 0 Å². The van der Waals surface area contributed by atoms with Gasteiger partial charge in [-0.1, -0.05) is 25.4 Å². The normalized spacial score (nSPS) is 15.7. The molecule has 0 spiro atoms. The van der Waals surface area contributed by atoms with Gasteiger partial charge in [-0.3, -0.25) is 14.0 Å². The summed E-state index contributed by atoms with van der Waals surface area (Å²) >= 11 is 6.57. The van der Waals surface area contributed by atoms with Crippen LogP contribution in [0.25, 0.3) is 16.6 Å². The van der Waals surface area contributed by atoms with Crippen molar-refractivity contribution in [1.82, 2.24) is 24.2 Å². The molecule has 2 aromatic heterocycles. The number of nitrogens with zero attached hydrogens (tertiary/aromatic N) is 4. The standard InChI is InChI=1S/C21H26ClN5O2/c1-4-13(5-2)19-23-12-18-20(28)24-16-10-14(15(22)11-17(16)27(18)19)21(29)26-8-6-25(3)7-9-26/h10-13H,4-9H2,1-3H3,(H,24,28). The molecule has 1 aromatic carbocycles. The molecule has 29 heavy (non-hydrogen) atoms. The van der Waals surface area contributed by atoms with Gasteiger partial charge in [0.2, 0.25) is 0 Å². The van der Waals surface area contributed by atoms with Crippen LogP contribution in [-0.2, 0) is 0 Å². The lowest BCUT2D eigenvalue weighted by molar-refractivity contribution is 0.0664. The number of fused-ring (bicyclic) bond motifs is 3. The van der Waals surface area contributed by atoms with Crippen LogP contribution < -0.4 is 5.56 Å². The molecule has 1 N–H and O–H groups in total. The van der Waals surface area contributed by atoms with Crippen LogP contribution in [0.3, 0.4) is 0 Å². The van der Waals surface area contributed by atoms with Crippen LogP contribution in [0, 0.1) is 0 Å². The van der Waals surface area contributed by atoms with Crippen LogP contribution in [0.2, 0.25) is 5.02 Å². The fraction of sp³-hybridized carbons (Fsp3) is 0.476. The highest BCUT2D eigenvalue weighted by molar-refractivity contribution is 6.34. The number of aromatic nitrogens is 3. The lowest BCUT2D eigenvalue weighted by Gasteiger charge is -2.32. The molecule has 1 aliphatic rings. The minimum absolute atomic E-state index is 0.100. The number of rotatable bonds is 4. The molecule has 0 radical (unpaired) electrons. The Morgan fingerprint density at radius 3 is 2.52 bits per heavy atom. The first-order valence-electron chi connectivity index (χ1n) is 10.1. The SMILES string of the molecule is CCC(CC)c1ncc2c(=O)[nH]c3cc(C(=O)N4CCN(C)CC4)c(Cl)cc3n12. The Morgan fingerprint density at radius 2 is 1.86 bits per heavy atom. The molecule has 1 fully saturated rings. The lowest BCUT2D eigenvalue weighted by Crippen LogP contribution is -2.47. The molecule has 0 unspecified atom stereocenters. The van der Waals surface area contributed by atoms with Crippen LogP contribution >= 0.6 is 11.6 Å². The molecule has 154 valence electrons. The number of nitrogens with one attached hydrogen (secondary N) is 1. The third kappa shape index (κ3) is 3.42. The highest BCUT2D eigenvalue weighted by Gasteiger charge is 2.24. The second-order valence-electron chi connectivity index (χ2n) is 7.75. The summed E-state index contributed by atoms with van der Waals surface area (Å²) in [4.78, 5) is 37.2. The van der Waals surface area contributed by atoms with E-state index in [1.54, 1.807) is 18.3 Å². The molecule has 0 atom stereocenters. The Kier molecular flexibility index (Phi) is 5.36. The number of hydrogen-bond donors (Lipinski definition) is 1. The maximum absolute atomic E-state index is 13.0. The van der Waals surface area contributed by atoms with E-state index in [0.717, 1.165) is 37.3 Å². The van der Waals surface area contributed by atoms with E-state index in [2.05, 4.69) is 28.7 Å². The largest absolute Gasteiger partial charge is 0.336 e. The van der Waals surface area contributed by atoms with E-state index in [0.29, 0.717) is 34.7 Å². The molecule has 1 aliphatic heterocycles. The average Bonchev–Trinajstić information content (AvgIpc) is 3.15. The van der Waals surface area contributed by atoms with E-state index < -0.39 is 0 Å². The van der Waals surface area contributed by atoms with Crippen molar-refractivity contribution in [2.24, 2.45) is 0 Å². The highest BCUT2D eigenvalue weighted by Crippen LogP contribution is 2.28. The third-order valence-electron chi connectivity index (χ3n) is 5.97. The van der Waals surface area contributed by atoms with Gasteiger partial charge in [0.15, 0.2) is 0 Å². The zero-order valence-corrected chi connectivity index (χ0v) is 17.8. The second kappa shape index (κ2) is 7.80. The molecule has 8 heteroatoms. The quantitative estimate of drug-likeness (QED) is 0.710. The summed E-state index contributed by atoms with van der Waals surface area (Å²) in [5.74, 6) is 1.00. The monoisotopic (exact) mass is 415 g/mol. The molecule has 0 saturated carbocycles.